The normalized spacial score (nSPS) is 18.2. The fraction of sp³-hybridized carbons (Fsp3) is 0.308. The SMILES string of the molecule is COC(=O)c1ccc(N2CC(C(N)=O)CC2=O)c(F)c1. The van der Waals surface area contributed by atoms with Crippen molar-refractivity contribution in [2.75, 3.05) is 18.6 Å². The molecule has 0 saturated carbocycles. The van der Waals surface area contributed by atoms with Crippen LogP contribution in [0.25, 0.3) is 0 Å². The van der Waals surface area contributed by atoms with Crippen LogP contribution in [0.15, 0.2) is 18.2 Å². The van der Waals surface area contributed by atoms with E-state index in [0.717, 1.165) is 11.0 Å². The van der Waals surface area contributed by atoms with Gasteiger partial charge in [-0.15, -0.1) is 0 Å². The van der Waals surface area contributed by atoms with Gasteiger partial charge in [0, 0.05) is 13.0 Å². The van der Waals surface area contributed by atoms with Gasteiger partial charge in [-0.1, -0.05) is 0 Å². The number of ether oxygens (including phenoxy) is 1. The number of anilines is 1. The van der Waals surface area contributed by atoms with E-state index in [2.05, 4.69) is 4.74 Å². The molecule has 0 aliphatic carbocycles. The summed E-state index contributed by atoms with van der Waals surface area (Å²) < 4.78 is 18.5. The van der Waals surface area contributed by atoms with E-state index in [9.17, 15) is 18.8 Å². The molecule has 2 N–H and O–H groups in total. The molecule has 1 atom stereocenters. The number of carbonyl (C=O) groups excluding carboxylic acids is 3. The second-order valence-corrected chi connectivity index (χ2v) is 4.47. The van der Waals surface area contributed by atoms with Crippen LogP contribution in [0.5, 0.6) is 0 Å². The molecule has 1 fully saturated rings. The maximum atomic E-state index is 14.0. The lowest BCUT2D eigenvalue weighted by molar-refractivity contribution is -0.123. The molecule has 1 aliphatic rings. The minimum Gasteiger partial charge on any atom is -0.465 e. The smallest absolute Gasteiger partial charge is 0.337 e. The summed E-state index contributed by atoms with van der Waals surface area (Å²) in [4.78, 5) is 35.3. The number of primary amides is 1. The zero-order valence-corrected chi connectivity index (χ0v) is 10.8. The predicted octanol–water partition coefficient (Wildman–Crippen LogP) is 0.451. The molecule has 20 heavy (non-hydrogen) atoms. The van der Waals surface area contributed by atoms with Gasteiger partial charge in [-0.05, 0) is 18.2 Å². The van der Waals surface area contributed by atoms with E-state index in [1.807, 2.05) is 0 Å². The van der Waals surface area contributed by atoms with Crippen molar-refractivity contribution < 1.29 is 23.5 Å². The highest BCUT2D eigenvalue weighted by Gasteiger charge is 2.35. The Kier molecular flexibility index (Phi) is 3.69. The summed E-state index contributed by atoms with van der Waals surface area (Å²) >= 11 is 0. The fourth-order valence-corrected chi connectivity index (χ4v) is 2.10. The van der Waals surface area contributed by atoms with E-state index in [0.29, 0.717) is 0 Å². The highest BCUT2D eigenvalue weighted by atomic mass is 19.1. The molecular formula is C13H13FN2O4. The second-order valence-electron chi connectivity index (χ2n) is 4.47. The standard InChI is InChI=1S/C13H13FN2O4/c1-20-13(19)7-2-3-10(9(14)4-7)16-6-8(12(15)18)5-11(16)17/h2-4,8H,5-6H2,1H3,(H2,15,18). The molecule has 1 saturated heterocycles. The molecule has 1 aromatic rings. The van der Waals surface area contributed by atoms with Gasteiger partial charge in [-0.3, -0.25) is 9.59 Å². The van der Waals surface area contributed by atoms with Crippen LogP contribution in [-0.2, 0) is 14.3 Å². The van der Waals surface area contributed by atoms with E-state index in [4.69, 9.17) is 5.73 Å². The van der Waals surface area contributed by atoms with Crippen LogP contribution < -0.4 is 10.6 Å². The quantitative estimate of drug-likeness (QED) is 0.814. The van der Waals surface area contributed by atoms with Crippen molar-refractivity contribution in [1.82, 2.24) is 0 Å². The van der Waals surface area contributed by atoms with E-state index in [-0.39, 0.29) is 30.1 Å². The van der Waals surface area contributed by atoms with Crippen molar-refractivity contribution in [2.24, 2.45) is 11.7 Å². The number of amides is 2. The third-order valence-corrected chi connectivity index (χ3v) is 3.19. The van der Waals surface area contributed by atoms with Gasteiger partial charge < -0.3 is 15.4 Å². The maximum Gasteiger partial charge on any atom is 0.337 e. The Morgan fingerprint density at radius 2 is 2.15 bits per heavy atom. The Bertz CT molecular complexity index is 588. The zero-order chi connectivity index (χ0) is 14.9. The number of rotatable bonds is 3. The monoisotopic (exact) mass is 280 g/mol. The topological polar surface area (TPSA) is 89.7 Å². The number of esters is 1. The zero-order valence-electron chi connectivity index (χ0n) is 10.8. The van der Waals surface area contributed by atoms with Gasteiger partial charge in [0.1, 0.15) is 5.82 Å². The van der Waals surface area contributed by atoms with Crippen LogP contribution in [0.1, 0.15) is 16.8 Å². The molecular weight excluding hydrogens is 267 g/mol. The molecule has 1 aromatic carbocycles. The van der Waals surface area contributed by atoms with Crippen LogP contribution in [0.4, 0.5) is 10.1 Å². The number of hydrogen-bond donors (Lipinski definition) is 1. The largest absolute Gasteiger partial charge is 0.465 e. The second kappa shape index (κ2) is 5.28. The molecule has 2 rings (SSSR count). The summed E-state index contributed by atoms with van der Waals surface area (Å²) in [5.74, 6) is -2.99. The summed E-state index contributed by atoms with van der Waals surface area (Å²) in [7, 11) is 1.19. The summed E-state index contributed by atoms with van der Waals surface area (Å²) in [6.45, 7) is 0.0443. The highest BCUT2D eigenvalue weighted by Crippen LogP contribution is 2.28. The fourth-order valence-electron chi connectivity index (χ4n) is 2.10. The molecule has 7 heteroatoms. The number of carbonyl (C=O) groups is 3. The van der Waals surface area contributed by atoms with Gasteiger partial charge >= 0.3 is 5.97 Å². The molecule has 106 valence electrons. The molecule has 0 radical (unpaired) electrons. The first-order valence-electron chi connectivity index (χ1n) is 5.91. The molecule has 0 spiro atoms. The van der Waals surface area contributed by atoms with Gasteiger partial charge in [0.2, 0.25) is 11.8 Å². The minimum atomic E-state index is -0.730. The van der Waals surface area contributed by atoms with Crippen LogP contribution >= 0.6 is 0 Å². The first-order chi connectivity index (χ1) is 9.43. The molecule has 1 unspecified atom stereocenters. The van der Waals surface area contributed by atoms with Crippen LogP contribution in [-0.4, -0.2) is 31.4 Å². The summed E-state index contributed by atoms with van der Waals surface area (Å²) in [6, 6.07) is 3.66. The number of benzene rings is 1. The van der Waals surface area contributed by atoms with Crippen molar-refractivity contribution in [3.05, 3.63) is 29.6 Å². The van der Waals surface area contributed by atoms with Crippen LogP contribution in [0.2, 0.25) is 0 Å². The van der Waals surface area contributed by atoms with Crippen LogP contribution in [0.3, 0.4) is 0 Å². The lowest BCUT2D eigenvalue weighted by Gasteiger charge is -2.17. The lowest BCUT2D eigenvalue weighted by atomic mass is 10.1. The highest BCUT2D eigenvalue weighted by molar-refractivity contribution is 6.00. The van der Waals surface area contributed by atoms with E-state index < -0.39 is 23.6 Å². The molecule has 0 aromatic heterocycles. The van der Waals surface area contributed by atoms with Crippen molar-refractivity contribution in [3.63, 3.8) is 0 Å². The van der Waals surface area contributed by atoms with Crippen LogP contribution in [0, 0.1) is 11.7 Å². The Labute approximate surface area is 114 Å². The Morgan fingerprint density at radius 1 is 1.45 bits per heavy atom. The van der Waals surface area contributed by atoms with Gasteiger partial charge in [-0.25, -0.2) is 9.18 Å². The van der Waals surface area contributed by atoms with Crippen molar-refractivity contribution in [1.29, 1.82) is 0 Å². The predicted molar refractivity (Wildman–Crippen MR) is 67.4 cm³/mol. The third-order valence-electron chi connectivity index (χ3n) is 3.19. The Hall–Kier alpha value is -2.44. The third kappa shape index (κ3) is 2.47. The average Bonchev–Trinajstić information content (AvgIpc) is 2.80. The summed E-state index contributed by atoms with van der Waals surface area (Å²) in [6.07, 6.45) is -0.0342. The minimum absolute atomic E-state index is 0.0198. The van der Waals surface area contributed by atoms with Crippen molar-refractivity contribution in [2.45, 2.75) is 6.42 Å². The van der Waals surface area contributed by atoms with Crippen molar-refractivity contribution in [3.8, 4) is 0 Å². The molecule has 1 aliphatic heterocycles. The van der Waals surface area contributed by atoms with Gasteiger partial charge in [0.15, 0.2) is 0 Å². The van der Waals surface area contributed by atoms with E-state index in [1.54, 1.807) is 0 Å². The Balaban J connectivity index is 2.28. The molecule has 0 bridgehead atoms. The first-order valence-corrected chi connectivity index (χ1v) is 5.91. The van der Waals surface area contributed by atoms with E-state index in [1.165, 1.54) is 19.2 Å². The summed E-state index contributed by atoms with van der Waals surface area (Å²) in [5, 5.41) is 0. The van der Waals surface area contributed by atoms with Gasteiger partial charge in [-0.2, -0.15) is 0 Å². The Morgan fingerprint density at radius 3 is 2.65 bits per heavy atom. The number of methoxy groups -OCH3 is 1. The molecule has 6 nitrogen and oxygen atoms in total. The van der Waals surface area contributed by atoms with Gasteiger partial charge in [0.25, 0.3) is 0 Å². The van der Waals surface area contributed by atoms with E-state index >= 15 is 0 Å². The first kappa shape index (κ1) is 14.0. The number of nitrogens with zero attached hydrogens (tertiary/aromatic N) is 1. The molecule has 1 heterocycles. The molecule has 2 amide bonds. The lowest BCUT2D eigenvalue weighted by Crippen LogP contribution is -2.29. The van der Waals surface area contributed by atoms with Gasteiger partial charge in [0.05, 0.1) is 24.3 Å². The average molecular weight is 280 g/mol. The summed E-state index contributed by atoms with van der Waals surface area (Å²) in [5.41, 5.74) is 5.22. The van der Waals surface area contributed by atoms with Crippen molar-refractivity contribution >= 4 is 23.5 Å². The number of halogens is 1. The number of hydrogen-bond acceptors (Lipinski definition) is 4. The number of nitrogens with two attached hydrogens (primary N) is 1. The maximum absolute atomic E-state index is 14.0.